The van der Waals surface area contributed by atoms with Gasteiger partial charge in [-0.3, -0.25) is 0 Å². The fraction of sp³-hybridized carbons (Fsp3) is 0.333. The van der Waals surface area contributed by atoms with Gasteiger partial charge in [-0.05, 0) is 31.0 Å². The summed E-state index contributed by atoms with van der Waals surface area (Å²) in [5, 5.41) is 20.7. The zero-order chi connectivity index (χ0) is 11.3. The van der Waals surface area contributed by atoms with Crippen molar-refractivity contribution in [3.63, 3.8) is 0 Å². The first-order valence-corrected chi connectivity index (χ1v) is 4.88. The Balaban J connectivity index is 2.95. The molecule has 0 aliphatic carbocycles. The Hall–Kier alpha value is -2.00. The van der Waals surface area contributed by atoms with E-state index in [9.17, 15) is 0 Å². The zero-order valence-electron chi connectivity index (χ0n) is 8.91. The number of anilines is 1. The third-order valence-corrected chi connectivity index (χ3v) is 2.26. The van der Waals surface area contributed by atoms with Crippen LogP contribution >= 0.6 is 0 Å². The van der Waals surface area contributed by atoms with Gasteiger partial charge >= 0.3 is 0 Å². The molecule has 0 amide bonds. The molecule has 0 saturated carbocycles. The minimum absolute atomic E-state index is 0.197. The number of nitrogens with zero attached hydrogens (tertiary/aromatic N) is 2. The molecule has 0 saturated heterocycles. The van der Waals surface area contributed by atoms with Crippen LogP contribution in [0.4, 0.5) is 5.69 Å². The van der Waals surface area contributed by atoms with E-state index < -0.39 is 0 Å². The third-order valence-electron chi connectivity index (χ3n) is 2.26. The highest BCUT2D eigenvalue weighted by Gasteiger charge is 2.06. The van der Waals surface area contributed by atoms with E-state index in [0.717, 1.165) is 17.7 Å². The van der Waals surface area contributed by atoms with Crippen LogP contribution in [0.3, 0.4) is 0 Å². The number of hydrogen-bond donors (Lipinski definition) is 1. The van der Waals surface area contributed by atoms with E-state index in [-0.39, 0.29) is 6.04 Å². The molecule has 0 heterocycles. The van der Waals surface area contributed by atoms with Gasteiger partial charge in [0.05, 0.1) is 17.7 Å². The lowest BCUT2D eigenvalue weighted by atomic mass is 10.1. The number of aryl methyl sites for hydroxylation is 1. The fourth-order valence-corrected chi connectivity index (χ4v) is 1.26. The summed E-state index contributed by atoms with van der Waals surface area (Å²) >= 11 is 0. The molecule has 0 aromatic heterocycles. The number of rotatable bonds is 3. The summed E-state index contributed by atoms with van der Waals surface area (Å²) in [5.41, 5.74) is 2.51. The molecule has 0 aliphatic heterocycles. The van der Waals surface area contributed by atoms with Crippen molar-refractivity contribution in [2.75, 3.05) is 5.32 Å². The Bertz CT molecular complexity index is 423. The minimum Gasteiger partial charge on any atom is -0.370 e. The van der Waals surface area contributed by atoms with Crippen LogP contribution in [0, 0.1) is 29.6 Å². The van der Waals surface area contributed by atoms with Gasteiger partial charge in [-0.2, -0.15) is 10.5 Å². The van der Waals surface area contributed by atoms with Crippen LogP contribution in [0.2, 0.25) is 0 Å². The number of benzene rings is 1. The molecule has 3 heteroatoms. The van der Waals surface area contributed by atoms with Crippen molar-refractivity contribution in [3.8, 4) is 12.1 Å². The second kappa shape index (κ2) is 5.02. The van der Waals surface area contributed by atoms with Crippen molar-refractivity contribution in [1.82, 2.24) is 0 Å². The van der Waals surface area contributed by atoms with Gasteiger partial charge in [0.2, 0.25) is 0 Å². The van der Waals surface area contributed by atoms with E-state index in [4.69, 9.17) is 10.5 Å². The Kier molecular flexibility index (Phi) is 3.71. The normalized spacial score (nSPS) is 11.2. The van der Waals surface area contributed by atoms with Gasteiger partial charge in [0.15, 0.2) is 0 Å². The van der Waals surface area contributed by atoms with Crippen LogP contribution in [0.1, 0.15) is 24.5 Å². The predicted octanol–water partition coefficient (Wildman–Crippen LogP) is 2.58. The summed E-state index contributed by atoms with van der Waals surface area (Å²) in [4.78, 5) is 0. The third kappa shape index (κ3) is 2.72. The van der Waals surface area contributed by atoms with E-state index in [0.29, 0.717) is 5.56 Å². The smallest absolute Gasteiger partial charge is 0.114 e. The summed E-state index contributed by atoms with van der Waals surface area (Å²) in [5.74, 6) is 0. The largest absolute Gasteiger partial charge is 0.370 e. The maximum atomic E-state index is 8.83. The predicted molar refractivity (Wildman–Crippen MR) is 59.2 cm³/mol. The lowest BCUT2D eigenvalue weighted by Gasteiger charge is -2.13. The molecule has 76 valence electrons. The van der Waals surface area contributed by atoms with Gasteiger partial charge in [0.1, 0.15) is 6.04 Å². The van der Waals surface area contributed by atoms with Crippen LogP contribution in [0.5, 0.6) is 0 Å². The molecule has 1 unspecified atom stereocenters. The molecule has 15 heavy (non-hydrogen) atoms. The fourth-order valence-electron chi connectivity index (χ4n) is 1.26. The van der Waals surface area contributed by atoms with Gasteiger partial charge in [0.25, 0.3) is 0 Å². The molecule has 1 atom stereocenters. The van der Waals surface area contributed by atoms with Crippen LogP contribution < -0.4 is 5.32 Å². The lowest BCUT2D eigenvalue weighted by Crippen LogP contribution is -2.16. The van der Waals surface area contributed by atoms with Gasteiger partial charge < -0.3 is 5.32 Å². The Morgan fingerprint density at radius 3 is 2.67 bits per heavy atom. The van der Waals surface area contributed by atoms with E-state index in [2.05, 4.69) is 17.5 Å². The van der Waals surface area contributed by atoms with Gasteiger partial charge in [-0.1, -0.05) is 13.0 Å². The van der Waals surface area contributed by atoms with Crippen LogP contribution in [-0.2, 0) is 0 Å². The van der Waals surface area contributed by atoms with Gasteiger partial charge in [-0.15, -0.1) is 0 Å². The van der Waals surface area contributed by atoms with Gasteiger partial charge in [-0.25, -0.2) is 0 Å². The van der Waals surface area contributed by atoms with Crippen LogP contribution in [0.25, 0.3) is 0 Å². The molecule has 1 aromatic rings. The molecule has 1 rings (SSSR count). The summed E-state index contributed by atoms with van der Waals surface area (Å²) in [7, 11) is 0. The topological polar surface area (TPSA) is 59.6 Å². The zero-order valence-corrected chi connectivity index (χ0v) is 8.91. The van der Waals surface area contributed by atoms with Crippen molar-refractivity contribution < 1.29 is 0 Å². The average Bonchev–Trinajstić information content (AvgIpc) is 2.28. The summed E-state index contributed by atoms with van der Waals surface area (Å²) in [6.45, 7) is 3.90. The highest BCUT2D eigenvalue weighted by Crippen LogP contribution is 2.17. The summed E-state index contributed by atoms with van der Waals surface area (Å²) in [6, 6.07) is 9.48. The van der Waals surface area contributed by atoms with E-state index in [1.165, 1.54) is 0 Å². The van der Waals surface area contributed by atoms with E-state index >= 15 is 0 Å². The van der Waals surface area contributed by atoms with Gasteiger partial charge in [0, 0.05) is 5.69 Å². The Morgan fingerprint density at radius 2 is 2.13 bits per heavy atom. The number of nitriles is 2. The van der Waals surface area contributed by atoms with Crippen LogP contribution in [-0.4, -0.2) is 6.04 Å². The summed E-state index contributed by atoms with van der Waals surface area (Å²) in [6.07, 6.45) is 0.743. The quantitative estimate of drug-likeness (QED) is 0.813. The van der Waals surface area contributed by atoms with Crippen molar-refractivity contribution >= 4 is 5.69 Å². The Labute approximate surface area is 90.0 Å². The highest BCUT2D eigenvalue weighted by molar-refractivity contribution is 5.56. The molecule has 0 radical (unpaired) electrons. The van der Waals surface area contributed by atoms with Crippen molar-refractivity contribution in [2.24, 2.45) is 0 Å². The first-order chi connectivity index (χ1) is 7.21. The first kappa shape index (κ1) is 11.1. The second-order valence-electron chi connectivity index (χ2n) is 3.38. The first-order valence-electron chi connectivity index (χ1n) is 4.88. The van der Waals surface area contributed by atoms with Crippen LogP contribution in [0.15, 0.2) is 18.2 Å². The van der Waals surface area contributed by atoms with Crippen molar-refractivity contribution in [3.05, 3.63) is 29.3 Å². The van der Waals surface area contributed by atoms with E-state index in [1.54, 1.807) is 12.1 Å². The maximum absolute atomic E-state index is 8.83. The summed E-state index contributed by atoms with van der Waals surface area (Å²) < 4.78 is 0. The molecule has 0 spiro atoms. The Morgan fingerprint density at radius 1 is 1.40 bits per heavy atom. The maximum Gasteiger partial charge on any atom is 0.114 e. The lowest BCUT2D eigenvalue weighted by molar-refractivity contribution is 0.844. The monoisotopic (exact) mass is 199 g/mol. The highest BCUT2D eigenvalue weighted by atomic mass is 14.9. The number of nitrogens with one attached hydrogen (secondary N) is 1. The average molecular weight is 199 g/mol. The van der Waals surface area contributed by atoms with E-state index in [1.807, 2.05) is 19.9 Å². The number of hydrogen-bond acceptors (Lipinski definition) is 3. The second-order valence-corrected chi connectivity index (χ2v) is 3.38. The SMILES string of the molecule is CCC(C#N)Nc1cc(C#N)ccc1C. The minimum atomic E-state index is -0.197. The molecule has 0 bridgehead atoms. The molecule has 0 aliphatic rings. The molecular weight excluding hydrogens is 186 g/mol. The molecular formula is C12H13N3. The standard InChI is InChI=1S/C12H13N3/c1-3-11(8-14)15-12-6-10(7-13)5-4-9(12)2/h4-6,11,15H,3H2,1-2H3. The van der Waals surface area contributed by atoms with Crippen molar-refractivity contribution in [2.45, 2.75) is 26.3 Å². The molecule has 3 nitrogen and oxygen atoms in total. The molecule has 1 aromatic carbocycles. The molecule has 0 fully saturated rings. The molecule has 1 N–H and O–H groups in total. The van der Waals surface area contributed by atoms with Crippen molar-refractivity contribution in [1.29, 1.82) is 10.5 Å².